The summed E-state index contributed by atoms with van der Waals surface area (Å²) in [6, 6.07) is 5.72. The van der Waals surface area contributed by atoms with E-state index in [9.17, 15) is 4.79 Å². The van der Waals surface area contributed by atoms with Gasteiger partial charge in [-0.25, -0.2) is 4.79 Å². The molecule has 0 aromatic heterocycles. The zero-order valence-corrected chi connectivity index (χ0v) is 13.0. The van der Waals surface area contributed by atoms with E-state index >= 15 is 0 Å². The van der Waals surface area contributed by atoms with Gasteiger partial charge in [-0.05, 0) is 24.6 Å². The maximum Gasteiger partial charge on any atom is 0.328 e. The second-order valence-electron chi connectivity index (χ2n) is 4.69. The lowest BCUT2D eigenvalue weighted by Gasteiger charge is -2.34. The van der Waals surface area contributed by atoms with Crippen LogP contribution in [0.15, 0.2) is 24.3 Å². The van der Waals surface area contributed by atoms with Crippen molar-refractivity contribution in [3.8, 4) is 0 Å². The summed E-state index contributed by atoms with van der Waals surface area (Å²) >= 11 is 8.23. The van der Waals surface area contributed by atoms with Crippen molar-refractivity contribution in [2.24, 2.45) is 0 Å². The Morgan fingerprint density at radius 3 is 3.10 bits per heavy atom. The molecule has 1 fully saturated rings. The van der Waals surface area contributed by atoms with Crippen LogP contribution in [0.3, 0.4) is 0 Å². The van der Waals surface area contributed by atoms with Gasteiger partial charge in [-0.1, -0.05) is 24.6 Å². The second-order valence-corrected chi connectivity index (χ2v) is 6.51. The Morgan fingerprint density at radius 1 is 1.60 bits per heavy atom. The third-order valence-corrected chi connectivity index (χ3v) is 5.06. The predicted molar refractivity (Wildman–Crippen MR) is 86.9 cm³/mol. The minimum absolute atomic E-state index is 0.589. The predicted octanol–water partition coefficient (Wildman–Crippen LogP) is 3.77. The van der Waals surface area contributed by atoms with Crippen molar-refractivity contribution in [1.82, 2.24) is 0 Å². The second kappa shape index (κ2) is 7.04. The number of carboxylic acid groups (broad SMARTS) is 1. The Labute approximate surface area is 128 Å². The number of carboxylic acids is 1. The highest BCUT2D eigenvalue weighted by Crippen LogP contribution is 2.32. The summed E-state index contributed by atoms with van der Waals surface area (Å²) in [5, 5.41) is 10.0. The Morgan fingerprint density at radius 2 is 2.40 bits per heavy atom. The molecule has 3 nitrogen and oxygen atoms in total. The minimum Gasteiger partial charge on any atom is -0.478 e. The molecule has 1 unspecified atom stereocenters. The number of anilines is 1. The number of halogens is 1. The van der Waals surface area contributed by atoms with E-state index in [2.05, 4.69) is 11.8 Å². The highest BCUT2D eigenvalue weighted by atomic mass is 35.5. The van der Waals surface area contributed by atoms with Crippen LogP contribution >= 0.6 is 23.4 Å². The molecule has 5 heteroatoms. The van der Waals surface area contributed by atoms with Crippen LogP contribution in [0.25, 0.3) is 6.08 Å². The largest absolute Gasteiger partial charge is 0.478 e. The van der Waals surface area contributed by atoms with E-state index in [-0.39, 0.29) is 0 Å². The third kappa shape index (κ3) is 3.70. The average molecular weight is 312 g/mol. The molecule has 0 spiro atoms. The standard InChI is InChI=1S/C15H18ClNO2S/c1-2-11-10-17(8-9-20-11)14-5-3-4-13(16)12(14)6-7-15(18)19/h3-7,11H,2,8-10H2,1H3,(H,18,19)/b7-6+. The van der Waals surface area contributed by atoms with Crippen LogP contribution in [0.4, 0.5) is 5.69 Å². The van der Waals surface area contributed by atoms with Crippen LogP contribution in [0.5, 0.6) is 0 Å². The minimum atomic E-state index is -0.962. The van der Waals surface area contributed by atoms with Gasteiger partial charge in [0.25, 0.3) is 0 Å². The van der Waals surface area contributed by atoms with Crippen molar-refractivity contribution in [2.75, 3.05) is 23.7 Å². The van der Waals surface area contributed by atoms with Crippen molar-refractivity contribution in [2.45, 2.75) is 18.6 Å². The van der Waals surface area contributed by atoms with Gasteiger partial charge in [0, 0.05) is 46.4 Å². The van der Waals surface area contributed by atoms with E-state index < -0.39 is 5.97 Å². The van der Waals surface area contributed by atoms with Gasteiger partial charge in [0.1, 0.15) is 0 Å². The molecular weight excluding hydrogens is 294 g/mol. The summed E-state index contributed by atoms with van der Waals surface area (Å²) in [4.78, 5) is 13.0. The lowest BCUT2D eigenvalue weighted by molar-refractivity contribution is -0.131. The zero-order valence-electron chi connectivity index (χ0n) is 11.4. The monoisotopic (exact) mass is 311 g/mol. The Kier molecular flexibility index (Phi) is 5.38. The summed E-state index contributed by atoms with van der Waals surface area (Å²) < 4.78 is 0. The molecule has 1 aromatic rings. The molecule has 1 N–H and O–H groups in total. The van der Waals surface area contributed by atoms with Crippen LogP contribution in [0, 0.1) is 0 Å². The van der Waals surface area contributed by atoms with E-state index in [4.69, 9.17) is 16.7 Å². The number of carbonyl (C=O) groups is 1. The molecule has 0 aliphatic carbocycles. The number of nitrogens with zero attached hydrogens (tertiary/aromatic N) is 1. The first-order valence-electron chi connectivity index (χ1n) is 6.68. The molecule has 2 rings (SSSR count). The first-order valence-corrected chi connectivity index (χ1v) is 8.10. The van der Waals surface area contributed by atoms with Crippen molar-refractivity contribution in [3.63, 3.8) is 0 Å². The van der Waals surface area contributed by atoms with Crippen molar-refractivity contribution < 1.29 is 9.90 Å². The summed E-state index contributed by atoms with van der Waals surface area (Å²) in [6.07, 6.45) is 3.87. The fourth-order valence-corrected chi connectivity index (χ4v) is 3.72. The van der Waals surface area contributed by atoms with Gasteiger partial charge in [0.2, 0.25) is 0 Å². The summed E-state index contributed by atoms with van der Waals surface area (Å²) in [5.41, 5.74) is 1.81. The van der Waals surface area contributed by atoms with Crippen molar-refractivity contribution >= 4 is 41.1 Å². The van der Waals surface area contributed by atoms with Crippen LogP contribution in [0.2, 0.25) is 5.02 Å². The van der Waals surface area contributed by atoms with Crippen LogP contribution in [-0.4, -0.2) is 35.2 Å². The molecular formula is C15H18ClNO2S. The molecule has 1 aliphatic rings. The Bertz CT molecular complexity index is 519. The van der Waals surface area contributed by atoms with Gasteiger partial charge in [-0.15, -0.1) is 0 Å². The first kappa shape index (κ1) is 15.3. The van der Waals surface area contributed by atoms with Gasteiger partial charge in [0.15, 0.2) is 0 Å². The summed E-state index contributed by atoms with van der Waals surface area (Å²) in [5.74, 6) is 0.129. The lowest BCUT2D eigenvalue weighted by atomic mass is 10.1. The maximum atomic E-state index is 10.7. The zero-order chi connectivity index (χ0) is 14.5. The van der Waals surface area contributed by atoms with Crippen molar-refractivity contribution in [3.05, 3.63) is 34.9 Å². The van der Waals surface area contributed by atoms with Gasteiger partial charge in [-0.2, -0.15) is 11.8 Å². The number of rotatable bonds is 4. The normalized spacial score (nSPS) is 19.5. The fraction of sp³-hybridized carbons (Fsp3) is 0.400. The van der Waals surface area contributed by atoms with Gasteiger partial charge < -0.3 is 10.0 Å². The van der Waals surface area contributed by atoms with E-state index in [0.717, 1.165) is 42.6 Å². The quantitative estimate of drug-likeness (QED) is 0.859. The Hall–Kier alpha value is -1.13. The highest BCUT2D eigenvalue weighted by molar-refractivity contribution is 8.00. The molecule has 0 bridgehead atoms. The van der Waals surface area contributed by atoms with Crippen LogP contribution in [-0.2, 0) is 4.79 Å². The molecule has 1 heterocycles. The van der Waals surface area contributed by atoms with E-state index in [1.54, 1.807) is 12.1 Å². The Balaban J connectivity index is 2.30. The SMILES string of the molecule is CCC1CN(c2cccc(Cl)c2/C=C/C(=O)O)CCS1. The highest BCUT2D eigenvalue weighted by Gasteiger charge is 2.21. The van der Waals surface area contributed by atoms with E-state index in [1.807, 2.05) is 23.9 Å². The van der Waals surface area contributed by atoms with E-state index in [1.165, 1.54) is 0 Å². The molecule has 1 saturated heterocycles. The fourth-order valence-electron chi connectivity index (χ4n) is 2.31. The van der Waals surface area contributed by atoms with Crippen LogP contribution in [0.1, 0.15) is 18.9 Å². The smallest absolute Gasteiger partial charge is 0.328 e. The number of thioether (sulfide) groups is 1. The third-order valence-electron chi connectivity index (χ3n) is 3.36. The maximum absolute atomic E-state index is 10.7. The number of hydrogen-bond donors (Lipinski definition) is 1. The number of hydrogen-bond acceptors (Lipinski definition) is 3. The summed E-state index contributed by atoms with van der Waals surface area (Å²) in [6.45, 7) is 4.15. The molecule has 0 radical (unpaired) electrons. The molecule has 1 aliphatic heterocycles. The molecule has 1 aromatic carbocycles. The molecule has 0 amide bonds. The number of benzene rings is 1. The first-order chi connectivity index (χ1) is 9.61. The summed E-state index contributed by atoms with van der Waals surface area (Å²) in [7, 11) is 0. The van der Waals surface area contributed by atoms with Crippen molar-refractivity contribution in [1.29, 1.82) is 0 Å². The number of aliphatic carboxylic acids is 1. The van der Waals surface area contributed by atoms with Gasteiger partial charge in [-0.3, -0.25) is 0 Å². The molecule has 108 valence electrons. The van der Waals surface area contributed by atoms with Gasteiger partial charge >= 0.3 is 5.97 Å². The lowest BCUT2D eigenvalue weighted by Crippen LogP contribution is -2.38. The average Bonchev–Trinajstić information content (AvgIpc) is 2.45. The van der Waals surface area contributed by atoms with Gasteiger partial charge in [0.05, 0.1) is 0 Å². The molecule has 0 saturated carbocycles. The van der Waals surface area contributed by atoms with Crippen LogP contribution < -0.4 is 4.90 Å². The molecule has 1 atom stereocenters. The molecule has 20 heavy (non-hydrogen) atoms. The topological polar surface area (TPSA) is 40.5 Å². The van der Waals surface area contributed by atoms with E-state index in [0.29, 0.717) is 10.3 Å².